The van der Waals surface area contributed by atoms with Crippen LogP contribution in [0.3, 0.4) is 0 Å². The maximum absolute atomic E-state index is 12.5. The van der Waals surface area contributed by atoms with Crippen molar-refractivity contribution in [3.05, 3.63) is 53.6 Å². The van der Waals surface area contributed by atoms with E-state index >= 15 is 0 Å². The quantitative estimate of drug-likeness (QED) is 0.875. The van der Waals surface area contributed by atoms with E-state index in [9.17, 15) is 9.59 Å². The van der Waals surface area contributed by atoms with Gasteiger partial charge in [0, 0.05) is 30.3 Å². The molecule has 0 unspecified atom stereocenters. The van der Waals surface area contributed by atoms with E-state index in [4.69, 9.17) is 14.2 Å². The molecule has 1 saturated heterocycles. The lowest BCUT2D eigenvalue weighted by Crippen LogP contribution is -2.40. The number of morpholine rings is 1. The Hall–Kier alpha value is -3.06. The van der Waals surface area contributed by atoms with Crippen molar-refractivity contribution in [1.29, 1.82) is 0 Å². The van der Waals surface area contributed by atoms with E-state index in [0.29, 0.717) is 54.6 Å². The molecular formula is C20H22N2O5. The minimum atomic E-state index is -0.288. The minimum absolute atomic E-state index is 0.0536. The number of amides is 2. The minimum Gasteiger partial charge on any atom is -0.497 e. The zero-order valence-corrected chi connectivity index (χ0v) is 15.4. The molecule has 2 amide bonds. The van der Waals surface area contributed by atoms with Gasteiger partial charge in [0.05, 0.1) is 33.1 Å². The largest absolute Gasteiger partial charge is 0.497 e. The molecule has 0 aromatic heterocycles. The summed E-state index contributed by atoms with van der Waals surface area (Å²) in [7, 11) is 3.09. The van der Waals surface area contributed by atoms with Crippen molar-refractivity contribution in [2.24, 2.45) is 0 Å². The van der Waals surface area contributed by atoms with Crippen LogP contribution < -0.4 is 14.8 Å². The monoisotopic (exact) mass is 370 g/mol. The van der Waals surface area contributed by atoms with Crippen LogP contribution in [0.2, 0.25) is 0 Å². The van der Waals surface area contributed by atoms with Gasteiger partial charge in [-0.05, 0) is 36.4 Å². The molecule has 1 heterocycles. The van der Waals surface area contributed by atoms with Crippen molar-refractivity contribution in [1.82, 2.24) is 4.90 Å². The first-order valence-corrected chi connectivity index (χ1v) is 8.63. The molecule has 0 bridgehead atoms. The zero-order chi connectivity index (χ0) is 19.2. The lowest BCUT2D eigenvalue weighted by atomic mass is 10.1. The third kappa shape index (κ3) is 4.38. The van der Waals surface area contributed by atoms with Gasteiger partial charge in [-0.25, -0.2) is 0 Å². The van der Waals surface area contributed by atoms with Gasteiger partial charge in [-0.1, -0.05) is 0 Å². The molecule has 3 rings (SSSR count). The summed E-state index contributed by atoms with van der Waals surface area (Å²) in [6.45, 7) is 2.27. The van der Waals surface area contributed by atoms with Crippen LogP contribution >= 0.6 is 0 Å². The molecule has 7 nitrogen and oxygen atoms in total. The van der Waals surface area contributed by atoms with Crippen LogP contribution in [0.4, 0.5) is 5.69 Å². The smallest absolute Gasteiger partial charge is 0.255 e. The van der Waals surface area contributed by atoms with E-state index < -0.39 is 0 Å². The van der Waals surface area contributed by atoms with E-state index in [-0.39, 0.29) is 11.8 Å². The van der Waals surface area contributed by atoms with Crippen LogP contribution in [-0.2, 0) is 4.74 Å². The molecule has 27 heavy (non-hydrogen) atoms. The number of anilines is 1. The number of hydrogen-bond acceptors (Lipinski definition) is 5. The normalized spacial score (nSPS) is 13.8. The molecule has 0 saturated carbocycles. The molecule has 0 atom stereocenters. The topological polar surface area (TPSA) is 77.1 Å². The Bertz CT molecular complexity index is 814. The Morgan fingerprint density at radius 1 is 0.963 bits per heavy atom. The number of methoxy groups -OCH3 is 2. The summed E-state index contributed by atoms with van der Waals surface area (Å²) in [6, 6.07) is 11.8. The summed E-state index contributed by atoms with van der Waals surface area (Å²) in [5, 5.41) is 2.81. The van der Waals surface area contributed by atoms with Crippen molar-refractivity contribution in [3.63, 3.8) is 0 Å². The van der Waals surface area contributed by atoms with Gasteiger partial charge in [0.1, 0.15) is 11.5 Å². The summed E-state index contributed by atoms with van der Waals surface area (Å²) in [5.41, 5.74) is 1.54. The van der Waals surface area contributed by atoms with E-state index in [0.717, 1.165) is 0 Å². The lowest BCUT2D eigenvalue weighted by molar-refractivity contribution is 0.0303. The van der Waals surface area contributed by atoms with Crippen molar-refractivity contribution in [2.75, 3.05) is 45.8 Å². The fourth-order valence-electron chi connectivity index (χ4n) is 2.81. The highest BCUT2D eigenvalue weighted by Gasteiger charge is 2.19. The lowest BCUT2D eigenvalue weighted by Gasteiger charge is -2.26. The van der Waals surface area contributed by atoms with Crippen molar-refractivity contribution in [2.45, 2.75) is 0 Å². The molecular weight excluding hydrogens is 348 g/mol. The number of nitrogens with one attached hydrogen (secondary N) is 1. The highest BCUT2D eigenvalue weighted by molar-refractivity contribution is 6.05. The molecule has 2 aromatic carbocycles. The Morgan fingerprint density at radius 3 is 2.26 bits per heavy atom. The van der Waals surface area contributed by atoms with Crippen LogP contribution in [0.25, 0.3) is 0 Å². The average molecular weight is 370 g/mol. The SMILES string of the molecule is COc1ccc(NC(=O)c2ccc(C(=O)N3CCOCC3)cc2)c(OC)c1. The van der Waals surface area contributed by atoms with Crippen molar-refractivity contribution >= 4 is 17.5 Å². The molecule has 142 valence electrons. The summed E-state index contributed by atoms with van der Waals surface area (Å²) >= 11 is 0. The molecule has 2 aromatic rings. The maximum Gasteiger partial charge on any atom is 0.255 e. The van der Waals surface area contributed by atoms with Crippen LogP contribution in [0.5, 0.6) is 11.5 Å². The highest BCUT2D eigenvalue weighted by atomic mass is 16.5. The third-order valence-corrected chi connectivity index (χ3v) is 4.35. The van der Waals surface area contributed by atoms with Gasteiger partial charge in [-0.15, -0.1) is 0 Å². The van der Waals surface area contributed by atoms with E-state index in [1.807, 2.05) is 0 Å². The number of hydrogen-bond donors (Lipinski definition) is 1. The number of ether oxygens (including phenoxy) is 3. The number of benzene rings is 2. The number of rotatable bonds is 5. The molecule has 1 N–H and O–H groups in total. The highest BCUT2D eigenvalue weighted by Crippen LogP contribution is 2.29. The number of carbonyl (C=O) groups is 2. The van der Waals surface area contributed by atoms with E-state index in [2.05, 4.69) is 5.32 Å². The van der Waals surface area contributed by atoms with E-state index in [1.165, 1.54) is 7.11 Å². The Morgan fingerprint density at radius 2 is 1.63 bits per heavy atom. The zero-order valence-electron chi connectivity index (χ0n) is 15.4. The van der Waals surface area contributed by atoms with E-state index in [1.54, 1.807) is 54.5 Å². The summed E-state index contributed by atoms with van der Waals surface area (Å²) in [6.07, 6.45) is 0. The molecule has 1 aliphatic rings. The van der Waals surface area contributed by atoms with Gasteiger partial charge in [-0.3, -0.25) is 9.59 Å². The molecule has 0 aliphatic carbocycles. The predicted octanol–water partition coefficient (Wildman–Crippen LogP) is 2.43. The van der Waals surface area contributed by atoms with Gasteiger partial charge in [0.15, 0.2) is 0 Å². The number of carbonyl (C=O) groups excluding carboxylic acids is 2. The fraction of sp³-hybridized carbons (Fsp3) is 0.300. The second-order valence-corrected chi connectivity index (χ2v) is 6.00. The molecule has 1 aliphatic heterocycles. The maximum atomic E-state index is 12.5. The Balaban J connectivity index is 1.70. The van der Waals surface area contributed by atoms with Crippen LogP contribution in [-0.4, -0.2) is 57.2 Å². The summed E-state index contributed by atoms with van der Waals surface area (Å²) in [4.78, 5) is 26.7. The molecule has 1 fully saturated rings. The van der Waals surface area contributed by atoms with Gasteiger partial charge >= 0.3 is 0 Å². The van der Waals surface area contributed by atoms with Crippen molar-refractivity contribution < 1.29 is 23.8 Å². The van der Waals surface area contributed by atoms with Crippen LogP contribution in [0, 0.1) is 0 Å². The fourth-order valence-corrected chi connectivity index (χ4v) is 2.81. The van der Waals surface area contributed by atoms with Gasteiger partial charge in [-0.2, -0.15) is 0 Å². The molecule has 0 spiro atoms. The standard InChI is InChI=1S/C20H22N2O5/c1-25-16-7-8-17(18(13-16)26-2)21-19(23)14-3-5-15(6-4-14)20(24)22-9-11-27-12-10-22/h3-8,13H,9-12H2,1-2H3,(H,21,23). The Kier molecular flexibility index (Phi) is 5.93. The van der Waals surface area contributed by atoms with Crippen LogP contribution in [0.15, 0.2) is 42.5 Å². The second kappa shape index (κ2) is 8.55. The molecule has 0 radical (unpaired) electrons. The summed E-state index contributed by atoms with van der Waals surface area (Å²) < 4.78 is 15.7. The second-order valence-electron chi connectivity index (χ2n) is 6.00. The first-order valence-electron chi connectivity index (χ1n) is 8.63. The first-order chi connectivity index (χ1) is 13.1. The third-order valence-electron chi connectivity index (χ3n) is 4.35. The number of nitrogens with zero attached hydrogens (tertiary/aromatic N) is 1. The average Bonchev–Trinajstić information content (AvgIpc) is 2.74. The predicted molar refractivity (Wildman–Crippen MR) is 101 cm³/mol. The van der Waals surface area contributed by atoms with Gasteiger partial charge in [0.25, 0.3) is 11.8 Å². The van der Waals surface area contributed by atoms with Crippen molar-refractivity contribution in [3.8, 4) is 11.5 Å². The van der Waals surface area contributed by atoms with Gasteiger partial charge in [0.2, 0.25) is 0 Å². The Labute approximate surface area is 157 Å². The summed E-state index contributed by atoms with van der Waals surface area (Å²) in [5.74, 6) is 0.795. The van der Waals surface area contributed by atoms with Gasteiger partial charge < -0.3 is 24.4 Å². The van der Waals surface area contributed by atoms with Crippen LogP contribution in [0.1, 0.15) is 20.7 Å². The first kappa shape index (κ1) is 18.7. The molecule has 7 heteroatoms.